The summed E-state index contributed by atoms with van der Waals surface area (Å²) in [4.78, 5) is 12.3. The number of hydrogen-bond acceptors (Lipinski definition) is 3. The van der Waals surface area contributed by atoms with Crippen molar-refractivity contribution >= 4 is 5.91 Å². The summed E-state index contributed by atoms with van der Waals surface area (Å²) in [5.41, 5.74) is 3.58. The molecular formula is C17H23N3O2. The van der Waals surface area contributed by atoms with E-state index in [9.17, 15) is 4.79 Å². The summed E-state index contributed by atoms with van der Waals surface area (Å²) < 4.78 is 6.93. The molecule has 0 atom stereocenters. The van der Waals surface area contributed by atoms with Crippen molar-refractivity contribution in [3.63, 3.8) is 0 Å². The van der Waals surface area contributed by atoms with Crippen LogP contribution in [0.4, 0.5) is 0 Å². The van der Waals surface area contributed by atoms with Crippen LogP contribution in [0.1, 0.15) is 47.1 Å². The number of hydrogen-bond donors (Lipinski definition) is 1. The molecule has 0 bridgehead atoms. The van der Waals surface area contributed by atoms with E-state index in [2.05, 4.69) is 24.3 Å². The van der Waals surface area contributed by atoms with Gasteiger partial charge in [0.05, 0.1) is 12.8 Å². The first-order valence-electron chi connectivity index (χ1n) is 7.38. The van der Waals surface area contributed by atoms with Gasteiger partial charge in [0.15, 0.2) is 0 Å². The number of methoxy groups -OCH3 is 1. The minimum Gasteiger partial charge on any atom is -0.496 e. The summed E-state index contributed by atoms with van der Waals surface area (Å²) in [6.45, 7) is 6.57. The van der Waals surface area contributed by atoms with Crippen LogP contribution in [-0.4, -0.2) is 22.8 Å². The molecule has 0 fully saturated rings. The number of amides is 1. The van der Waals surface area contributed by atoms with Crippen molar-refractivity contribution < 1.29 is 9.53 Å². The van der Waals surface area contributed by atoms with E-state index in [-0.39, 0.29) is 5.91 Å². The number of ether oxygens (including phenoxy) is 1. The predicted octanol–water partition coefficient (Wildman–Crippen LogP) is 2.79. The third kappa shape index (κ3) is 3.30. The van der Waals surface area contributed by atoms with E-state index in [0.717, 1.165) is 22.6 Å². The zero-order valence-corrected chi connectivity index (χ0v) is 13.8. The highest BCUT2D eigenvalue weighted by Gasteiger charge is 2.15. The van der Waals surface area contributed by atoms with Gasteiger partial charge in [-0.25, -0.2) is 0 Å². The molecule has 22 heavy (non-hydrogen) atoms. The van der Waals surface area contributed by atoms with Crippen molar-refractivity contribution in [1.82, 2.24) is 15.1 Å². The van der Waals surface area contributed by atoms with E-state index in [1.165, 1.54) is 0 Å². The van der Waals surface area contributed by atoms with Gasteiger partial charge in [-0.2, -0.15) is 5.10 Å². The molecule has 1 aromatic heterocycles. The predicted molar refractivity (Wildman–Crippen MR) is 86.2 cm³/mol. The molecule has 0 unspecified atom stereocenters. The van der Waals surface area contributed by atoms with Crippen LogP contribution >= 0.6 is 0 Å². The molecule has 0 saturated carbocycles. The maximum absolute atomic E-state index is 12.3. The Kier molecular flexibility index (Phi) is 4.85. The van der Waals surface area contributed by atoms with Crippen molar-refractivity contribution in [1.29, 1.82) is 0 Å². The highest BCUT2D eigenvalue weighted by molar-refractivity contribution is 5.92. The van der Waals surface area contributed by atoms with Gasteiger partial charge in [0, 0.05) is 13.6 Å². The fourth-order valence-corrected chi connectivity index (χ4v) is 2.32. The average Bonchev–Trinajstić information content (AvgIpc) is 2.88. The highest BCUT2D eigenvalue weighted by atomic mass is 16.5. The fraction of sp³-hybridized carbons (Fsp3) is 0.412. The summed E-state index contributed by atoms with van der Waals surface area (Å²) in [5, 5.41) is 7.31. The Morgan fingerprint density at radius 3 is 2.73 bits per heavy atom. The first-order chi connectivity index (χ1) is 10.4. The number of nitrogens with zero attached hydrogens (tertiary/aromatic N) is 2. The molecule has 5 heteroatoms. The largest absolute Gasteiger partial charge is 0.496 e. The number of rotatable bonds is 5. The van der Waals surface area contributed by atoms with Crippen LogP contribution in [0.3, 0.4) is 0 Å². The third-order valence-corrected chi connectivity index (χ3v) is 3.78. The Bertz CT molecular complexity index is 675. The lowest BCUT2D eigenvalue weighted by Crippen LogP contribution is -2.25. The van der Waals surface area contributed by atoms with Crippen LogP contribution in [0.15, 0.2) is 24.3 Å². The molecule has 5 nitrogen and oxygen atoms in total. The van der Waals surface area contributed by atoms with E-state index < -0.39 is 0 Å². The van der Waals surface area contributed by atoms with Crippen molar-refractivity contribution in [3.8, 4) is 5.75 Å². The van der Waals surface area contributed by atoms with Gasteiger partial charge in [-0.15, -0.1) is 0 Å². The maximum atomic E-state index is 12.3. The Labute approximate surface area is 131 Å². The first kappa shape index (κ1) is 16.1. The standard InChI is InChI=1S/C17H23N3O2/c1-11(2)14-9-15(20(4)19-14)17(21)18-10-13-7-6-8-16(22-5)12(13)3/h6-9,11H,10H2,1-5H3,(H,18,21). The highest BCUT2D eigenvalue weighted by Crippen LogP contribution is 2.21. The van der Waals surface area contributed by atoms with Crippen LogP contribution in [0.2, 0.25) is 0 Å². The van der Waals surface area contributed by atoms with E-state index in [0.29, 0.717) is 18.2 Å². The van der Waals surface area contributed by atoms with Gasteiger partial charge >= 0.3 is 0 Å². The molecular weight excluding hydrogens is 278 g/mol. The van der Waals surface area contributed by atoms with Gasteiger partial charge in [0.2, 0.25) is 0 Å². The SMILES string of the molecule is COc1cccc(CNC(=O)c2cc(C(C)C)nn2C)c1C. The summed E-state index contributed by atoms with van der Waals surface area (Å²) >= 11 is 0. The molecule has 0 spiro atoms. The summed E-state index contributed by atoms with van der Waals surface area (Å²) in [5.74, 6) is 1.01. The van der Waals surface area contributed by atoms with Gasteiger partial charge in [0.1, 0.15) is 11.4 Å². The zero-order valence-electron chi connectivity index (χ0n) is 13.8. The molecule has 1 heterocycles. The summed E-state index contributed by atoms with van der Waals surface area (Å²) in [6, 6.07) is 7.67. The number of benzene rings is 1. The molecule has 0 aliphatic heterocycles. The molecule has 118 valence electrons. The second-order valence-corrected chi connectivity index (χ2v) is 5.66. The molecule has 1 amide bonds. The van der Waals surface area contributed by atoms with E-state index >= 15 is 0 Å². The average molecular weight is 301 g/mol. The van der Waals surface area contributed by atoms with Crippen molar-refractivity contribution in [2.45, 2.75) is 33.2 Å². The summed E-state index contributed by atoms with van der Waals surface area (Å²) in [6.07, 6.45) is 0. The fourth-order valence-electron chi connectivity index (χ4n) is 2.32. The van der Waals surface area contributed by atoms with Crippen molar-refractivity contribution in [3.05, 3.63) is 46.8 Å². The van der Waals surface area contributed by atoms with E-state index in [4.69, 9.17) is 4.74 Å². The lowest BCUT2D eigenvalue weighted by Gasteiger charge is -2.11. The normalized spacial score (nSPS) is 10.8. The smallest absolute Gasteiger partial charge is 0.269 e. The number of carbonyl (C=O) groups is 1. The molecule has 0 aliphatic rings. The van der Waals surface area contributed by atoms with Crippen molar-refractivity contribution in [2.75, 3.05) is 7.11 Å². The van der Waals surface area contributed by atoms with Gasteiger partial charge in [-0.1, -0.05) is 26.0 Å². The number of carbonyl (C=O) groups excluding carboxylic acids is 1. The van der Waals surface area contributed by atoms with Crippen LogP contribution in [-0.2, 0) is 13.6 Å². The first-order valence-corrected chi connectivity index (χ1v) is 7.38. The van der Waals surface area contributed by atoms with Crippen LogP contribution < -0.4 is 10.1 Å². The molecule has 0 saturated heterocycles. The zero-order chi connectivity index (χ0) is 16.3. The minimum atomic E-state index is -0.121. The second-order valence-electron chi connectivity index (χ2n) is 5.66. The Morgan fingerprint density at radius 2 is 2.14 bits per heavy atom. The molecule has 1 N–H and O–H groups in total. The lowest BCUT2D eigenvalue weighted by atomic mass is 10.1. The van der Waals surface area contributed by atoms with E-state index in [1.807, 2.05) is 31.2 Å². The monoisotopic (exact) mass is 301 g/mol. The third-order valence-electron chi connectivity index (χ3n) is 3.78. The van der Waals surface area contributed by atoms with Gasteiger partial charge in [0.25, 0.3) is 5.91 Å². The minimum absolute atomic E-state index is 0.121. The molecule has 0 aliphatic carbocycles. The van der Waals surface area contributed by atoms with Crippen molar-refractivity contribution in [2.24, 2.45) is 7.05 Å². The van der Waals surface area contributed by atoms with Gasteiger partial charge in [-0.05, 0) is 36.1 Å². The van der Waals surface area contributed by atoms with Crippen LogP contribution in [0, 0.1) is 6.92 Å². The molecule has 2 aromatic rings. The molecule has 2 rings (SSSR count). The van der Waals surface area contributed by atoms with Gasteiger partial charge < -0.3 is 10.1 Å². The van der Waals surface area contributed by atoms with E-state index in [1.54, 1.807) is 18.8 Å². The summed E-state index contributed by atoms with van der Waals surface area (Å²) in [7, 11) is 3.44. The van der Waals surface area contributed by atoms with Crippen LogP contribution in [0.25, 0.3) is 0 Å². The lowest BCUT2D eigenvalue weighted by molar-refractivity contribution is 0.0941. The van der Waals surface area contributed by atoms with Crippen LogP contribution in [0.5, 0.6) is 5.75 Å². The Morgan fingerprint density at radius 1 is 1.41 bits per heavy atom. The number of nitrogens with one attached hydrogen (secondary N) is 1. The Hall–Kier alpha value is -2.30. The second kappa shape index (κ2) is 6.64. The quantitative estimate of drug-likeness (QED) is 0.924. The maximum Gasteiger partial charge on any atom is 0.269 e. The number of aromatic nitrogens is 2. The topological polar surface area (TPSA) is 56.1 Å². The molecule has 1 aromatic carbocycles. The number of aryl methyl sites for hydroxylation is 1. The Balaban J connectivity index is 2.10. The van der Waals surface area contributed by atoms with Gasteiger partial charge in [-0.3, -0.25) is 9.48 Å². The molecule has 0 radical (unpaired) electrons.